The molecule has 8 nitrogen and oxygen atoms in total. The number of rotatable bonds is 6. The molecule has 1 atom stereocenters. The quantitative estimate of drug-likeness (QED) is 0.460. The maximum atomic E-state index is 13.1. The number of carbonyl (C=O) groups excluding carboxylic acids is 1. The van der Waals surface area contributed by atoms with Crippen LogP contribution in [-0.2, 0) is 16.2 Å². The first-order chi connectivity index (χ1) is 17.3. The predicted molar refractivity (Wildman–Crippen MR) is 133 cm³/mol. The van der Waals surface area contributed by atoms with Crippen LogP contribution < -0.4 is 14.9 Å². The van der Waals surface area contributed by atoms with Crippen LogP contribution >= 0.6 is 0 Å². The highest BCUT2D eigenvalue weighted by Gasteiger charge is 2.39. The van der Waals surface area contributed by atoms with Crippen LogP contribution in [0.25, 0.3) is 0 Å². The van der Waals surface area contributed by atoms with Crippen molar-refractivity contribution >= 4 is 33.3 Å². The molecule has 3 aromatic rings. The number of alkyl halides is 3. The van der Waals surface area contributed by atoms with E-state index in [0.29, 0.717) is 18.3 Å². The molecular weight excluding hydrogens is 507 g/mol. The van der Waals surface area contributed by atoms with Crippen molar-refractivity contribution in [2.45, 2.75) is 43.9 Å². The second kappa shape index (κ2) is 9.66. The van der Waals surface area contributed by atoms with Crippen LogP contribution in [-0.4, -0.2) is 36.4 Å². The number of hydrogen-bond acceptors (Lipinski definition) is 7. The average molecular weight is 534 g/mol. The van der Waals surface area contributed by atoms with E-state index in [1.807, 2.05) is 18.7 Å². The standard InChI is InChI=1S/C25H26F3N5O3S/c1-16-14-24(2,3)33(15-16)22-19(6-5-13-29-22)23(34)32-37(35,36)21-8-4-7-20(31-21)30-18-11-9-17(10-12-18)25(26,27)28/h4-13,16H,14-15H2,1-3H3,(H,30,31)(H,32,34). The van der Waals surface area contributed by atoms with E-state index >= 15 is 0 Å². The zero-order valence-electron chi connectivity index (χ0n) is 20.4. The summed E-state index contributed by atoms with van der Waals surface area (Å²) in [6.07, 6.45) is -2.02. The van der Waals surface area contributed by atoms with Crippen molar-refractivity contribution in [1.29, 1.82) is 0 Å². The Morgan fingerprint density at radius 2 is 1.78 bits per heavy atom. The van der Waals surface area contributed by atoms with Crippen LogP contribution in [0.4, 0.5) is 30.5 Å². The average Bonchev–Trinajstić information content (AvgIpc) is 3.10. The molecule has 2 aromatic heterocycles. The van der Waals surface area contributed by atoms with Crippen molar-refractivity contribution < 1.29 is 26.4 Å². The van der Waals surface area contributed by atoms with E-state index in [0.717, 1.165) is 18.6 Å². The Bertz CT molecular complexity index is 1410. The van der Waals surface area contributed by atoms with Gasteiger partial charge in [0.05, 0.1) is 11.1 Å². The van der Waals surface area contributed by atoms with Crippen LogP contribution in [0.5, 0.6) is 0 Å². The fraction of sp³-hybridized carbons (Fsp3) is 0.320. The third-order valence-electron chi connectivity index (χ3n) is 6.07. The number of nitrogens with one attached hydrogen (secondary N) is 2. The minimum absolute atomic E-state index is 0.0740. The summed E-state index contributed by atoms with van der Waals surface area (Å²) < 4.78 is 66.4. The van der Waals surface area contributed by atoms with Crippen LogP contribution in [0.2, 0.25) is 0 Å². The zero-order valence-corrected chi connectivity index (χ0v) is 21.2. The second-order valence-electron chi connectivity index (χ2n) is 9.60. The van der Waals surface area contributed by atoms with Gasteiger partial charge in [-0.15, -0.1) is 0 Å². The number of carbonyl (C=O) groups is 1. The molecule has 12 heteroatoms. The number of anilines is 3. The smallest absolute Gasteiger partial charge is 0.351 e. The predicted octanol–water partition coefficient (Wildman–Crippen LogP) is 4.98. The van der Waals surface area contributed by atoms with E-state index in [4.69, 9.17) is 0 Å². The van der Waals surface area contributed by atoms with E-state index in [9.17, 15) is 26.4 Å². The number of aromatic nitrogens is 2. The molecule has 2 N–H and O–H groups in total. The molecule has 1 aliphatic heterocycles. The number of hydrogen-bond donors (Lipinski definition) is 2. The Kier molecular flexibility index (Phi) is 6.89. The number of amides is 1. The Hall–Kier alpha value is -3.67. The first kappa shape index (κ1) is 26.4. The van der Waals surface area contributed by atoms with Gasteiger partial charge in [0.15, 0.2) is 5.03 Å². The molecule has 1 amide bonds. The molecule has 4 rings (SSSR count). The number of halogens is 3. The van der Waals surface area contributed by atoms with Crippen molar-refractivity contribution in [3.8, 4) is 0 Å². The summed E-state index contributed by atoms with van der Waals surface area (Å²) in [6.45, 7) is 6.87. The Labute approximate surface area is 213 Å². The van der Waals surface area contributed by atoms with E-state index in [1.165, 1.54) is 36.4 Å². The molecule has 1 aromatic carbocycles. The van der Waals surface area contributed by atoms with E-state index in [-0.39, 0.29) is 22.6 Å². The summed E-state index contributed by atoms with van der Waals surface area (Å²) in [7, 11) is -4.37. The van der Waals surface area contributed by atoms with Crippen molar-refractivity contribution in [2.75, 3.05) is 16.8 Å². The van der Waals surface area contributed by atoms with Gasteiger partial charge in [-0.3, -0.25) is 4.79 Å². The molecule has 1 aliphatic rings. The van der Waals surface area contributed by atoms with Crippen LogP contribution in [0.3, 0.4) is 0 Å². The highest BCUT2D eigenvalue weighted by molar-refractivity contribution is 7.90. The van der Waals surface area contributed by atoms with E-state index in [1.54, 1.807) is 12.3 Å². The van der Waals surface area contributed by atoms with Gasteiger partial charge in [-0.25, -0.2) is 14.7 Å². The molecule has 0 saturated carbocycles. The SMILES string of the molecule is CC1CN(c2ncccc2C(=O)NS(=O)(=O)c2cccc(Nc3ccc(C(F)(F)F)cc3)n2)C(C)(C)C1. The number of benzene rings is 1. The van der Waals surface area contributed by atoms with Crippen LogP contribution in [0, 0.1) is 5.92 Å². The highest BCUT2D eigenvalue weighted by atomic mass is 32.2. The largest absolute Gasteiger partial charge is 0.416 e. The molecule has 3 heterocycles. The van der Waals surface area contributed by atoms with Crippen molar-refractivity contribution in [1.82, 2.24) is 14.7 Å². The Morgan fingerprint density at radius 3 is 2.41 bits per heavy atom. The third kappa shape index (κ3) is 5.85. The molecule has 1 fully saturated rings. The van der Waals surface area contributed by atoms with E-state index in [2.05, 4.69) is 26.9 Å². The van der Waals surface area contributed by atoms with Crippen LogP contribution in [0.15, 0.2) is 65.8 Å². The molecule has 0 spiro atoms. The lowest BCUT2D eigenvalue weighted by Crippen LogP contribution is -2.41. The topological polar surface area (TPSA) is 104 Å². The lowest BCUT2D eigenvalue weighted by molar-refractivity contribution is -0.137. The lowest BCUT2D eigenvalue weighted by atomic mass is 9.97. The summed E-state index contributed by atoms with van der Waals surface area (Å²) in [4.78, 5) is 23.5. The molecule has 1 unspecified atom stereocenters. The fourth-order valence-corrected chi connectivity index (χ4v) is 5.44. The van der Waals surface area contributed by atoms with Gasteiger partial charge in [0.1, 0.15) is 11.6 Å². The minimum Gasteiger partial charge on any atom is -0.351 e. The van der Waals surface area contributed by atoms with Gasteiger partial charge < -0.3 is 10.2 Å². The first-order valence-corrected chi connectivity index (χ1v) is 13.0. The van der Waals surface area contributed by atoms with Gasteiger partial charge in [0, 0.05) is 24.0 Å². The zero-order chi connectivity index (χ0) is 27.0. The molecule has 37 heavy (non-hydrogen) atoms. The maximum Gasteiger partial charge on any atom is 0.416 e. The Balaban J connectivity index is 1.54. The molecular formula is C25H26F3N5O3S. The highest BCUT2D eigenvalue weighted by Crippen LogP contribution is 2.37. The summed E-state index contributed by atoms with van der Waals surface area (Å²) in [5.74, 6) is 0.00212. The molecule has 0 radical (unpaired) electrons. The van der Waals surface area contributed by atoms with Crippen molar-refractivity contribution in [3.63, 3.8) is 0 Å². The van der Waals surface area contributed by atoms with Gasteiger partial charge >= 0.3 is 6.18 Å². The number of sulfonamides is 1. The van der Waals surface area contributed by atoms with Crippen molar-refractivity contribution in [3.05, 3.63) is 71.9 Å². The summed E-state index contributed by atoms with van der Waals surface area (Å²) in [5.41, 5.74) is -0.679. The lowest BCUT2D eigenvalue weighted by Gasteiger charge is -2.33. The monoisotopic (exact) mass is 533 g/mol. The Morgan fingerprint density at radius 1 is 1.08 bits per heavy atom. The molecule has 0 bridgehead atoms. The summed E-state index contributed by atoms with van der Waals surface area (Å²) >= 11 is 0. The maximum absolute atomic E-state index is 13.1. The summed E-state index contributed by atoms with van der Waals surface area (Å²) in [5, 5.41) is 2.34. The molecule has 1 saturated heterocycles. The number of pyridine rings is 2. The third-order valence-corrected chi connectivity index (χ3v) is 7.30. The van der Waals surface area contributed by atoms with Gasteiger partial charge in [-0.2, -0.15) is 21.6 Å². The fourth-order valence-electron chi connectivity index (χ4n) is 4.50. The van der Waals surface area contributed by atoms with Gasteiger partial charge in [0.2, 0.25) is 0 Å². The second-order valence-corrected chi connectivity index (χ2v) is 11.2. The van der Waals surface area contributed by atoms with Gasteiger partial charge in [-0.1, -0.05) is 13.0 Å². The first-order valence-electron chi connectivity index (χ1n) is 11.5. The summed E-state index contributed by atoms with van der Waals surface area (Å²) in [6, 6.07) is 11.4. The molecule has 196 valence electrons. The number of nitrogens with zero attached hydrogens (tertiary/aromatic N) is 3. The normalized spacial score (nSPS) is 17.5. The van der Waals surface area contributed by atoms with Gasteiger partial charge in [-0.05, 0) is 74.7 Å². The van der Waals surface area contributed by atoms with Gasteiger partial charge in [0.25, 0.3) is 15.9 Å². The van der Waals surface area contributed by atoms with E-state index < -0.39 is 32.7 Å². The molecule has 0 aliphatic carbocycles. The minimum atomic E-state index is -4.47. The van der Waals surface area contributed by atoms with Crippen LogP contribution in [0.1, 0.15) is 43.1 Å². The van der Waals surface area contributed by atoms with Crippen molar-refractivity contribution in [2.24, 2.45) is 5.92 Å².